The highest BCUT2D eigenvalue weighted by atomic mass is 19.4. The molecular formula is C35H13F13N2O6. The van der Waals surface area contributed by atoms with Gasteiger partial charge in [0.05, 0.1) is 5.69 Å². The minimum Gasteiger partial charge on any atom is -0.451 e. The van der Waals surface area contributed by atoms with Crippen LogP contribution >= 0.6 is 0 Å². The molecule has 0 atom stereocenters. The molecule has 4 aromatic carbocycles. The summed E-state index contributed by atoms with van der Waals surface area (Å²) in [4.78, 5) is 47.1. The summed E-state index contributed by atoms with van der Waals surface area (Å²) in [6, 6.07) is 2.30. The fourth-order valence-electron chi connectivity index (χ4n) is 5.73. The monoisotopic (exact) mass is 804 g/mol. The van der Waals surface area contributed by atoms with Crippen LogP contribution in [0.1, 0.15) is 11.1 Å². The van der Waals surface area contributed by atoms with E-state index in [4.69, 9.17) is 9.47 Å². The number of ether oxygens (including phenoxy) is 2. The molecule has 56 heavy (non-hydrogen) atoms. The van der Waals surface area contributed by atoms with Crippen LogP contribution in [0.2, 0.25) is 0 Å². The lowest BCUT2D eigenvalue weighted by atomic mass is 9.73. The molecule has 290 valence electrons. The first-order chi connectivity index (χ1) is 26.1. The second-order valence-electron chi connectivity index (χ2n) is 11.5. The Hall–Kier alpha value is -6.67. The average molecular weight is 804 g/mol. The van der Waals surface area contributed by atoms with Gasteiger partial charge in [0.15, 0.2) is 23.3 Å². The molecule has 0 fully saturated rings. The van der Waals surface area contributed by atoms with Crippen LogP contribution in [-0.2, 0) is 24.6 Å². The van der Waals surface area contributed by atoms with Gasteiger partial charge in [0.2, 0.25) is 34.4 Å². The molecule has 6 rings (SSSR count). The number of nitrogens with zero attached hydrogens (tertiary/aromatic N) is 2. The summed E-state index contributed by atoms with van der Waals surface area (Å²) in [6.45, 7) is 0. The van der Waals surface area contributed by atoms with Crippen molar-refractivity contribution in [2.24, 2.45) is 0 Å². The van der Waals surface area contributed by atoms with Crippen molar-refractivity contribution in [3.63, 3.8) is 0 Å². The van der Waals surface area contributed by atoms with Crippen molar-refractivity contribution in [1.29, 1.82) is 0 Å². The van der Waals surface area contributed by atoms with Gasteiger partial charge in [-0.25, -0.2) is 27.4 Å². The maximum Gasteiger partial charge on any atom is 0.411 e. The minimum absolute atomic E-state index is 0.0711. The summed E-state index contributed by atoms with van der Waals surface area (Å²) >= 11 is 0. The molecule has 0 N–H and O–H groups in total. The summed E-state index contributed by atoms with van der Waals surface area (Å²) < 4.78 is 202. The van der Waals surface area contributed by atoms with Crippen LogP contribution < -0.4 is 19.3 Å². The lowest BCUT2D eigenvalue weighted by Gasteiger charge is -2.38. The number of hydrogen-bond donors (Lipinski definition) is 0. The number of rotatable bonds is 8. The first-order valence-corrected chi connectivity index (χ1v) is 15.0. The van der Waals surface area contributed by atoms with E-state index in [1.807, 2.05) is 0 Å². The number of carbonyl (C=O) groups excluding carboxylic acids is 4. The van der Waals surface area contributed by atoms with E-state index < -0.39 is 128 Å². The summed E-state index contributed by atoms with van der Waals surface area (Å²) in [5.74, 6) is -25.5. The second kappa shape index (κ2) is 13.6. The summed E-state index contributed by atoms with van der Waals surface area (Å²) in [6.07, 6.45) is -10.1. The van der Waals surface area contributed by atoms with Crippen molar-refractivity contribution < 1.29 is 85.7 Å². The SMILES string of the molecule is O=C1C=CC(=O)N1c1cc(F)c(Oc2ccc(C(c3ccc(Oc4c(F)c(F)c(N5C(=O)C=CC5=O)c(F)c4F)cc3)(C(F)(F)F)C(F)(F)F)cc2)c(F)c1F. The van der Waals surface area contributed by atoms with E-state index in [1.165, 1.54) is 0 Å². The Morgan fingerprint density at radius 1 is 0.446 bits per heavy atom. The van der Waals surface area contributed by atoms with Crippen LogP contribution in [-0.4, -0.2) is 36.0 Å². The van der Waals surface area contributed by atoms with Crippen LogP contribution in [0.4, 0.5) is 68.5 Å². The van der Waals surface area contributed by atoms with Crippen LogP contribution in [0.25, 0.3) is 0 Å². The van der Waals surface area contributed by atoms with Gasteiger partial charge in [-0.3, -0.25) is 19.2 Å². The van der Waals surface area contributed by atoms with E-state index in [0.717, 1.165) is 0 Å². The predicted octanol–water partition coefficient (Wildman–Crippen LogP) is 8.51. The molecule has 4 aromatic rings. The van der Waals surface area contributed by atoms with Crippen molar-refractivity contribution in [2.45, 2.75) is 17.8 Å². The Balaban J connectivity index is 1.33. The van der Waals surface area contributed by atoms with Gasteiger partial charge in [0.1, 0.15) is 17.2 Å². The van der Waals surface area contributed by atoms with Crippen LogP contribution in [0, 0.1) is 40.7 Å². The summed E-state index contributed by atoms with van der Waals surface area (Å²) in [7, 11) is 0. The Morgan fingerprint density at radius 3 is 1.20 bits per heavy atom. The molecule has 2 aliphatic heterocycles. The van der Waals surface area contributed by atoms with Gasteiger partial charge < -0.3 is 9.47 Å². The molecule has 2 aliphatic rings. The molecule has 0 aliphatic carbocycles. The molecule has 8 nitrogen and oxygen atoms in total. The minimum atomic E-state index is -6.24. The van der Waals surface area contributed by atoms with Crippen LogP contribution in [0.5, 0.6) is 23.0 Å². The standard InChI is InChI=1S/C35H13F13N2O6/c36-18-13-19(49-20(51)9-10-21(49)52)24(37)27(40)31(18)55-16-5-1-14(2-6-16)33(34(43,44)45,35(46,47)48)15-3-7-17(8-4-15)56-32-28(41)25(38)30(26(39)29(32)42)50-22(53)11-12-23(50)54/h1-13H. The molecule has 0 unspecified atom stereocenters. The van der Waals surface area contributed by atoms with Gasteiger partial charge >= 0.3 is 12.4 Å². The summed E-state index contributed by atoms with van der Waals surface area (Å²) in [5.41, 5.74) is -11.1. The molecule has 0 spiro atoms. The molecule has 4 amide bonds. The molecular weight excluding hydrogens is 791 g/mol. The molecule has 0 radical (unpaired) electrons. The topological polar surface area (TPSA) is 93.2 Å². The van der Waals surface area contributed by atoms with E-state index in [0.29, 0.717) is 48.6 Å². The fraction of sp³-hybridized carbons (Fsp3) is 0.0857. The molecule has 0 saturated heterocycles. The van der Waals surface area contributed by atoms with Gasteiger partial charge in [-0.2, -0.15) is 39.5 Å². The summed E-state index contributed by atoms with van der Waals surface area (Å²) in [5, 5.41) is 0. The highest BCUT2D eigenvalue weighted by Crippen LogP contribution is 2.56. The predicted molar refractivity (Wildman–Crippen MR) is 162 cm³/mol. The first kappa shape index (κ1) is 39.0. The van der Waals surface area contributed by atoms with E-state index in [-0.39, 0.29) is 40.1 Å². The number of benzene rings is 4. The maximum atomic E-state index is 14.9. The number of imide groups is 2. The van der Waals surface area contributed by atoms with Gasteiger partial charge in [-0.05, 0) is 35.4 Å². The molecule has 0 aromatic heterocycles. The first-order valence-electron chi connectivity index (χ1n) is 15.0. The number of hydrogen-bond acceptors (Lipinski definition) is 6. The number of anilines is 2. The molecule has 0 bridgehead atoms. The molecule has 2 heterocycles. The van der Waals surface area contributed by atoms with Crippen LogP contribution in [0.15, 0.2) is 78.9 Å². The van der Waals surface area contributed by atoms with E-state index in [2.05, 4.69) is 0 Å². The lowest BCUT2D eigenvalue weighted by Crippen LogP contribution is -2.54. The Kier molecular flexibility index (Phi) is 9.46. The van der Waals surface area contributed by atoms with E-state index in [1.54, 1.807) is 0 Å². The van der Waals surface area contributed by atoms with Gasteiger partial charge in [-0.1, -0.05) is 24.3 Å². The number of halogens is 13. The van der Waals surface area contributed by atoms with E-state index in [9.17, 15) is 76.3 Å². The van der Waals surface area contributed by atoms with Crippen molar-refractivity contribution in [2.75, 3.05) is 9.80 Å². The third kappa shape index (κ3) is 6.07. The van der Waals surface area contributed by atoms with E-state index >= 15 is 0 Å². The number of carbonyl (C=O) groups is 4. The molecule has 0 saturated carbocycles. The Labute approximate surface area is 302 Å². The van der Waals surface area contributed by atoms with Crippen molar-refractivity contribution in [3.8, 4) is 23.0 Å². The second-order valence-corrected chi connectivity index (χ2v) is 11.5. The fourth-order valence-corrected chi connectivity index (χ4v) is 5.73. The zero-order chi connectivity index (χ0) is 41.2. The smallest absolute Gasteiger partial charge is 0.411 e. The Bertz CT molecular complexity index is 2330. The highest BCUT2D eigenvalue weighted by Gasteiger charge is 2.72. The number of amides is 4. The molecule has 21 heteroatoms. The number of alkyl halides is 6. The van der Waals surface area contributed by atoms with Crippen molar-refractivity contribution in [1.82, 2.24) is 0 Å². The zero-order valence-corrected chi connectivity index (χ0v) is 26.8. The Morgan fingerprint density at radius 2 is 0.804 bits per heavy atom. The highest BCUT2D eigenvalue weighted by molar-refractivity contribution is 6.28. The van der Waals surface area contributed by atoms with Gasteiger partial charge in [0, 0.05) is 30.4 Å². The quantitative estimate of drug-likeness (QED) is 0.101. The van der Waals surface area contributed by atoms with Crippen molar-refractivity contribution >= 4 is 35.0 Å². The zero-order valence-electron chi connectivity index (χ0n) is 26.8. The van der Waals surface area contributed by atoms with Crippen molar-refractivity contribution in [3.05, 3.63) is 131 Å². The van der Waals surface area contributed by atoms with Gasteiger partial charge in [0.25, 0.3) is 23.6 Å². The third-order valence-corrected chi connectivity index (χ3v) is 8.25. The third-order valence-electron chi connectivity index (χ3n) is 8.25. The largest absolute Gasteiger partial charge is 0.451 e. The normalized spacial score (nSPS) is 14.8. The average Bonchev–Trinajstić information content (AvgIpc) is 3.64. The lowest BCUT2D eigenvalue weighted by molar-refractivity contribution is -0.288. The maximum absolute atomic E-state index is 14.9. The van der Waals surface area contributed by atoms with Gasteiger partial charge in [-0.15, -0.1) is 0 Å². The van der Waals surface area contributed by atoms with Crippen LogP contribution in [0.3, 0.4) is 0 Å².